The molecule has 2 aromatic carbocycles. The molecule has 0 radical (unpaired) electrons. The molecule has 0 amide bonds. The molecule has 0 spiro atoms. The second-order valence-corrected chi connectivity index (χ2v) is 9.40. The standard InChI is InChI=1S/C20H25NSe/c1-16(2)20-13-19(22-18-11-7-4-8-12-18)15-21(20)14-17-9-5-3-6-10-17/h3-12,16,19-20H,13-15H2,1-2H3/t19-,20+/m1/s1. The van der Waals surface area contributed by atoms with Crippen molar-refractivity contribution in [1.29, 1.82) is 0 Å². The van der Waals surface area contributed by atoms with E-state index in [1.54, 1.807) is 4.46 Å². The molecule has 1 fully saturated rings. The monoisotopic (exact) mass is 359 g/mol. The SMILES string of the molecule is CC(C)[C@@H]1C[C@@H]([Se]c2ccccc2)CN1Cc1ccccc1. The van der Waals surface area contributed by atoms with Gasteiger partial charge >= 0.3 is 141 Å². The molecule has 1 aliphatic rings. The van der Waals surface area contributed by atoms with Gasteiger partial charge in [0, 0.05) is 0 Å². The summed E-state index contributed by atoms with van der Waals surface area (Å²) in [6, 6.07) is 22.7. The molecule has 1 saturated heterocycles. The summed E-state index contributed by atoms with van der Waals surface area (Å²) in [6.07, 6.45) is 1.36. The fraction of sp³-hybridized carbons (Fsp3) is 0.400. The molecule has 1 aliphatic heterocycles. The van der Waals surface area contributed by atoms with Crippen molar-refractivity contribution in [2.75, 3.05) is 6.54 Å². The van der Waals surface area contributed by atoms with Crippen LogP contribution in [0.1, 0.15) is 25.8 Å². The van der Waals surface area contributed by atoms with Crippen LogP contribution in [0.4, 0.5) is 0 Å². The molecule has 2 aromatic rings. The van der Waals surface area contributed by atoms with Gasteiger partial charge in [0.05, 0.1) is 0 Å². The quantitative estimate of drug-likeness (QED) is 0.736. The first kappa shape index (κ1) is 15.8. The molecular formula is C20H25NSe. The van der Waals surface area contributed by atoms with Crippen molar-refractivity contribution in [3.05, 3.63) is 66.2 Å². The zero-order valence-corrected chi connectivity index (χ0v) is 15.2. The summed E-state index contributed by atoms with van der Waals surface area (Å²) >= 11 is 0.597. The number of hydrogen-bond acceptors (Lipinski definition) is 1. The molecule has 0 aromatic heterocycles. The van der Waals surface area contributed by atoms with Gasteiger partial charge in [-0.3, -0.25) is 0 Å². The van der Waals surface area contributed by atoms with Gasteiger partial charge in [-0.25, -0.2) is 0 Å². The van der Waals surface area contributed by atoms with E-state index in [2.05, 4.69) is 79.4 Å². The predicted molar refractivity (Wildman–Crippen MR) is 95.7 cm³/mol. The van der Waals surface area contributed by atoms with Crippen LogP contribution in [-0.2, 0) is 6.54 Å². The maximum absolute atomic E-state index is 2.72. The molecule has 0 saturated carbocycles. The Bertz CT molecular complexity index is 567. The van der Waals surface area contributed by atoms with Gasteiger partial charge < -0.3 is 0 Å². The third-order valence-electron chi connectivity index (χ3n) is 4.46. The third-order valence-corrected chi connectivity index (χ3v) is 7.01. The van der Waals surface area contributed by atoms with E-state index in [0.717, 1.165) is 23.3 Å². The van der Waals surface area contributed by atoms with Crippen LogP contribution in [0.3, 0.4) is 0 Å². The van der Waals surface area contributed by atoms with Crippen molar-refractivity contribution in [2.24, 2.45) is 5.92 Å². The van der Waals surface area contributed by atoms with Crippen LogP contribution in [0.15, 0.2) is 60.7 Å². The Labute approximate surface area is 140 Å². The van der Waals surface area contributed by atoms with Crippen molar-refractivity contribution in [1.82, 2.24) is 4.90 Å². The van der Waals surface area contributed by atoms with Gasteiger partial charge in [-0.15, -0.1) is 0 Å². The van der Waals surface area contributed by atoms with Crippen molar-refractivity contribution >= 4 is 19.4 Å². The molecular weight excluding hydrogens is 333 g/mol. The first-order valence-corrected chi connectivity index (χ1v) is 10.1. The average Bonchev–Trinajstić information content (AvgIpc) is 2.92. The Morgan fingerprint density at radius 3 is 2.27 bits per heavy atom. The van der Waals surface area contributed by atoms with Gasteiger partial charge in [0.1, 0.15) is 0 Å². The third kappa shape index (κ3) is 4.01. The minimum absolute atomic E-state index is 0.597. The summed E-state index contributed by atoms with van der Waals surface area (Å²) in [7, 11) is 0. The Hall–Kier alpha value is -1.08. The van der Waals surface area contributed by atoms with Gasteiger partial charge in [-0.1, -0.05) is 0 Å². The van der Waals surface area contributed by atoms with Crippen LogP contribution in [0.25, 0.3) is 0 Å². The molecule has 0 unspecified atom stereocenters. The molecule has 1 nitrogen and oxygen atoms in total. The summed E-state index contributed by atoms with van der Waals surface area (Å²) in [5.74, 6) is 0.736. The summed E-state index contributed by atoms with van der Waals surface area (Å²) in [5, 5.41) is 0. The van der Waals surface area contributed by atoms with Crippen molar-refractivity contribution in [2.45, 2.75) is 37.7 Å². The van der Waals surface area contributed by atoms with Crippen molar-refractivity contribution < 1.29 is 0 Å². The van der Waals surface area contributed by atoms with Crippen LogP contribution in [0, 0.1) is 5.92 Å². The van der Waals surface area contributed by atoms with Gasteiger partial charge in [-0.2, -0.15) is 0 Å². The van der Waals surface area contributed by atoms with E-state index in [1.165, 1.54) is 18.5 Å². The number of likely N-dealkylation sites (tertiary alicyclic amines) is 1. The van der Waals surface area contributed by atoms with Crippen molar-refractivity contribution in [3.8, 4) is 0 Å². The summed E-state index contributed by atoms with van der Waals surface area (Å²) in [6.45, 7) is 7.11. The molecule has 2 atom stereocenters. The Morgan fingerprint density at radius 1 is 1.00 bits per heavy atom. The molecule has 2 heteroatoms. The Kier molecular flexibility index (Phi) is 5.36. The Balaban J connectivity index is 1.67. The molecule has 0 N–H and O–H groups in total. The maximum atomic E-state index is 2.72. The molecule has 3 rings (SSSR count). The number of rotatable bonds is 5. The van der Waals surface area contributed by atoms with Crippen LogP contribution in [0.2, 0.25) is 4.82 Å². The van der Waals surface area contributed by atoms with E-state index in [0.29, 0.717) is 15.0 Å². The van der Waals surface area contributed by atoms with Crippen LogP contribution in [-0.4, -0.2) is 32.4 Å². The topological polar surface area (TPSA) is 3.24 Å². The van der Waals surface area contributed by atoms with Gasteiger partial charge in [0.25, 0.3) is 0 Å². The van der Waals surface area contributed by atoms with Gasteiger partial charge in [0.15, 0.2) is 0 Å². The van der Waals surface area contributed by atoms with Crippen LogP contribution < -0.4 is 4.46 Å². The molecule has 0 bridgehead atoms. The first-order chi connectivity index (χ1) is 10.7. The van der Waals surface area contributed by atoms with E-state index in [-0.39, 0.29) is 0 Å². The number of nitrogens with zero attached hydrogens (tertiary/aromatic N) is 1. The van der Waals surface area contributed by atoms with Gasteiger partial charge in [-0.05, 0) is 0 Å². The number of hydrogen-bond donors (Lipinski definition) is 0. The molecule has 1 heterocycles. The van der Waals surface area contributed by atoms with E-state index >= 15 is 0 Å². The summed E-state index contributed by atoms with van der Waals surface area (Å²) < 4.78 is 1.55. The number of benzene rings is 2. The normalized spacial score (nSPS) is 22.3. The van der Waals surface area contributed by atoms with E-state index < -0.39 is 0 Å². The zero-order chi connectivity index (χ0) is 15.4. The van der Waals surface area contributed by atoms with Gasteiger partial charge in [0.2, 0.25) is 0 Å². The molecule has 116 valence electrons. The minimum atomic E-state index is 0.597. The summed E-state index contributed by atoms with van der Waals surface area (Å²) in [5.41, 5.74) is 1.45. The first-order valence-electron chi connectivity index (χ1n) is 8.22. The zero-order valence-electron chi connectivity index (χ0n) is 13.5. The fourth-order valence-electron chi connectivity index (χ4n) is 3.36. The predicted octanol–water partition coefficient (Wildman–Crippen LogP) is 3.74. The van der Waals surface area contributed by atoms with Crippen LogP contribution >= 0.6 is 0 Å². The fourth-order valence-corrected chi connectivity index (χ4v) is 6.00. The van der Waals surface area contributed by atoms with E-state index in [1.807, 2.05) is 0 Å². The van der Waals surface area contributed by atoms with Crippen molar-refractivity contribution in [3.63, 3.8) is 0 Å². The van der Waals surface area contributed by atoms with E-state index in [4.69, 9.17) is 0 Å². The second kappa shape index (κ2) is 7.46. The summed E-state index contributed by atoms with van der Waals surface area (Å²) in [4.78, 5) is 3.57. The molecule has 22 heavy (non-hydrogen) atoms. The molecule has 0 aliphatic carbocycles. The van der Waals surface area contributed by atoms with Crippen LogP contribution in [0.5, 0.6) is 0 Å². The average molecular weight is 358 g/mol. The second-order valence-electron chi connectivity index (χ2n) is 6.52. The van der Waals surface area contributed by atoms with E-state index in [9.17, 15) is 0 Å². The Morgan fingerprint density at radius 2 is 1.64 bits per heavy atom.